The van der Waals surface area contributed by atoms with Crippen molar-refractivity contribution >= 4 is 17.2 Å². The molecule has 0 aliphatic carbocycles. The Labute approximate surface area is 197 Å². The van der Waals surface area contributed by atoms with E-state index >= 15 is 0 Å². The van der Waals surface area contributed by atoms with Crippen LogP contribution in [0.4, 0.5) is 0 Å². The van der Waals surface area contributed by atoms with Crippen molar-refractivity contribution in [1.29, 1.82) is 0 Å². The standard InChI is InChI=1S/C26H38N2O3S/c1-7-12-27(20(4)26(5,6)30)16-25(29)28-13-10-24-21(11-14-32-24)22(28)17-31-23-9-8-18(2)15-19(23)3/h8-9,11,14-15,20,22,30H,7,10,12-13,16-17H2,1-6H3/t20-,22+/m1/s1. The molecule has 0 saturated heterocycles. The van der Waals surface area contributed by atoms with E-state index in [4.69, 9.17) is 4.74 Å². The normalized spacial score (nSPS) is 17.4. The first-order valence-electron chi connectivity index (χ1n) is 11.6. The topological polar surface area (TPSA) is 53.0 Å². The van der Waals surface area contributed by atoms with E-state index in [2.05, 4.69) is 49.3 Å². The molecule has 0 bridgehead atoms. The molecule has 0 radical (unpaired) electrons. The first-order valence-corrected chi connectivity index (χ1v) is 12.5. The van der Waals surface area contributed by atoms with E-state index in [1.165, 1.54) is 16.0 Å². The van der Waals surface area contributed by atoms with Crippen LogP contribution in [0.2, 0.25) is 0 Å². The molecule has 176 valence electrons. The monoisotopic (exact) mass is 458 g/mol. The molecular formula is C26H38N2O3S. The number of hydrogen-bond acceptors (Lipinski definition) is 5. The first-order chi connectivity index (χ1) is 15.1. The lowest BCUT2D eigenvalue weighted by Gasteiger charge is -2.40. The van der Waals surface area contributed by atoms with E-state index < -0.39 is 5.60 Å². The van der Waals surface area contributed by atoms with Crippen LogP contribution in [-0.2, 0) is 11.2 Å². The molecular weight excluding hydrogens is 420 g/mol. The predicted molar refractivity (Wildman–Crippen MR) is 132 cm³/mol. The van der Waals surface area contributed by atoms with Crippen LogP contribution in [0.3, 0.4) is 0 Å². The minimum absolute atomic E-state index is 0.0978. The smallest absolute Gasteiger partial charge is 0.237 e. The van der Waals surface area contributed by atoms with E-state index in [1.54, 1.807) is 11.3 Å². The molecule has 0 unspecified atom stereocenters. The van der Waals surface area contributed by atoms with Gasteiger partial charge in [0.05, 0.1) is 18.2 Å². The van der Waals surface area contributed by atoms with Gasteiger partial charge in [-0.05, 0) is 82.6 Å². The van der Waals surface area contributed by atoms with Gasteiger partial charge in [-0.1, -0.05) is 24.6 Å². The number of fused-ring (bicyclic) bond motifs is 1. The summed E-state index contributed by atoms with van der Waals surface area (Å²) in [5.41, 5.74) is 2.65. The van der Waals surface area contributed by atoms with Crippen molar-refractivity contribution in [2.75, 3.05) is 26.2 Å². The summed E-state index contributed by atoms with van der Waals surface area (Å²) in [5.74, 6) is 0.967. The van der Waals surface area contributed by atoms with Gasteiger partial charge in [0.2, 0.25) is 5.91 Å². The van der Waals surface area contributed by atoms with Crippen LogP contribution in [0, 0.1) is 13.8 Å². The van der Waals surface area contributed by atoms with Gasteiger partial charge in [-0.25, -0.2) is 0 Å². The molecule has 6 heteroatoms. The summed E-state index contributed by atoms with van der Waals surface area (Å²) in [6.07, 6.45) is 1.81. The Bertz CT molecular complexity index is 918. The average Bonchev–Trinajstić information content (AvgIpc) is 3.20. The van der Waals surface area contributed by atoms with Crippen molar-refractivity contribution in [3.63, 3.8) is 0 Å². The number of amides is 1. The van der Waals surface area contributed by atoms with Crippen LogP contribution < -0.4 is 4.74 Å². The van der Waals surface area contributed by atoms with Gasteiger partial charge in [0, 0.05) is 17.5 Å². The second kappa shape index (κ2) is 10.4. The van der Waals surface area contributed by atoms with Gasteiger partial charge < -0.3 is 14.7 Å². The van der Waals surface area contributed by atoms with Crippen LogP contribution in [-0.4, -0.2) is 58.7 Å². The van der Waals surface area contributed by atoms with Crippen molar-refractivity contribution in [2.24, 2.45) is 0 Å². The number of carbonyl (C=O) groups is 1. The number of carbonyl (C=O) groups excluding carboxylic acids is 1. The maximum atomic E-state index is 13.5. The quantitative estimate of drug-likeness (QED) is 0.590. The Hall–Kier alpha value is -1.89. The molecule has 0 spiro atoms. The summed E-state index contributed by atoms with van der Waals surface area (Å²) in [4.78, 5) is 19.0. The van der Waals surface area contributed by atoms with Crippen molar-refractivity contribution < 1.29 is 14.6 Å². The maximum absolute atomic E-state index is 13.5. The fraction of sp³-hybridized carbons (Fsp3) is 0.577. The number of thiophene rings is 1. The third-order valence-corrected chi connectivity index (χ3v) is 7.56. The van der Waals surface area contributed by atoms with E-state index in [0.717, 1.165) is 30.7 Å². The molecule has 1 aliphatic rings. The predicted octanol–water partition coefficient (Wildman–Crippen LogP) is 4.74. The molecule has 2 heterocycles. The van der Waals surface area contributed by atoms with Crippen molar-refractivity contribution in [3.05, 3.63) is 51.2 Å². The zero-order valence-electron chi connectivity index (χ0n) is 20.4. The molecule has 3 rings (SSSR count). The zero-order valence-corrected chi connectivity index (χ0v) is 21.2. The molecule has 5 nitrogen and oxygen atoms in total. The minimum atomic E-state index is -0.872. The van der Waals surface area contributed by atoms with Crippen molar-refractivity contribution in [2.45, 2.75) is 72.1 Å². The van der Waals surface area contributed by atoms with Gasteiger partial charge in [-0.2, -0.15) is 0 Å². The fourth-order valence-electron chi connectivity index (χ4n) is 4.41. The number of nitrogens with zero attached hydrogens (tertiary/aromatic N) is 2. The SMILES string of the molecule is CCCN(CC(=O)N1CCc2sccc2[C@@H]1COc1ccc(C)cc1C)[C@H](C)C(C)(C)O. The molecule has 1 N–H and O–H groups in total. The number of aliphatic hydroxyl groups is 1. The highest BCUT2D eigenvalue weighted by atomic mass is 32.1. The van der Waals surface area contributed by atoms with Crippen LogP contribution in [0.5, 0.6) is 5.75 Å². The second-order valence-electron chi connectivity index (χ2n) is 9.53. The molecule has 1 aliphatic heterocycles. The highest BCUT2D eigenvalue weighted by molar-refractivity contribution is 7.10. The van der Waals surface area contributed by atoms with Crippen molar-refractivity contribution in [1.82, 2.24) is 9.80 Å². The van der Waals surface area contributed by atoms with E-state index in [0.29, 0.717) is 19.7 Å². The van der Waals surface area contributed by atoms with Gasteiger partial charge in [-0.3, -0.25) is 9.69 Å². The summed E-state index contributed by atoms with van der Waals surface area (Å²) in [7, 11) is 0. The molecule has 32 heavy (non-hydrogen) atoms. The lowest BCUT2D eigenvalue weighted by molar-refractivity contribution is -0.138. The molecule has 1 aromatic carbocycles. The Morgan fingerprint density at radius 1 is 1.34 bits per heavy atom. The number of ether oxygens (including phenoxy) is 1. The summed E-state index contributed by atoms with van der Waals surface area (Å²) in [6.45, 7) is 14.1. The van der Waals surface area contributed by atoms with E-state index in [1.807, 2.05) is 31.7 Å². The Kier molecular flexibility index (Phi) is 8.01. The second-order valence-corrected chi connectivity index (χ2v) is 10.5. The van der Waals surface area contributed by atoms with Gasteiger partial charge in [0.1, 0.15) is 12.4 Å². The largest absolute Gasteiger partial charge is 0.491 e. The third-order valence-electron chi connectivity index (χ3n) is 6.56. The molecule has 2 atom stereocenters. The number of hydrogen-bond donors (Lipinski definition) is 1. The summed E-state index contributed by atoms with van der Waals surface area (Å²) in [6, 6.07) is 8.12. The number of aryl methyl sites for hydroxylation is 2. The van der Waals surface area contributed by atoms with Crippen LogP contribution in [0.15, 0.2) is 29.6 Å². The summed E-state index contributed by atoms with van der Waals surface area (Å²) in [5, 5.41) is 12.6. The fourth-order valence-corrected chi connectivity index (χ4v) is 5.34. The van der Waals surface area contributed by atoms with Gasteiger partial charge >= 0.3 is 0 Å². The molecule has 0 saturated carbocycles. The van der Waals surface area contributed by atoms with Crippen LogP contribution in [0.1, 0.15) is 61.7 Å². The third kappa shape index (κ3) is 5.72. The molecule has 1 amide bonds. The lowest BCUT2D eigenvalue weighted by Crippen LogP contribution is -2.53. The Morgan fingerprint density at radius 3 is 2.75 bits per heavy atom. The highest BCUT2D eigenvalue weighted by Gasteiger charge is 2.35. The van der Waals surface area contributed by atoms with Gasteiger partial charge in [-0.15, -0.1) is 11.3 Å². The minimum Gasteiger partial charge on any atom is -0.491 e. The first kappa shape index (κ1) is 24.7. The highest BCUT2D eigenvalue weighted by Crippen LogP contribution is 2.34. The Balaban J connectivity index is 1.79. The zero-order chi connectivity index (χ0) is 23.5. The number of benzene rings is 1. The van der Waals surface area contributed by atoms with Gasteiger partial charge in [0.25, 0.3) is 0 Å². The van der Waals surface area contributed by atoms with E-state index in [9.17, 15) is 9.90 Å². The summed E-state index contributed by atoms with van der Waals surface area (Å²) < 4.78 is 6.25. The molecule has 0 fully saturated rings. The molecule has 1 aromatic heterocycles. The lowest BCUT2D eigenvalue weighted by atomic mass is 9.98. The van der Waals surface area contributed by atoms with Gasteiger partial charge in [0.15, 0.2) is 0 Å². The summed E-state index contributed by atoms with van der Waals surface area (Å²) >= 11 is 1.76. The molecule has 2 aromatic rings. The van der Waals surface area contributed by atoms with Crippen LogP contribution in [0.25, 0.3) is 0 Å². The van der Waals surface area contributed by atoms with Crippen LogP contribution >= 0.6 is 11.3 Å². The Morgan fingerprint density at radius 2 is 2.09 bits per heavy atom. The van der Waals surface area contributed by atoms with Crippen molar-refractivity contribution in [3.8, 4) is 5.75 Å². The average molecular weight is 459 g/mol. The maximum Gasteiger partial charge on any atom is 0.237 e. The number of rotatable bonds is 9. The van der Waals surface area contributed by atoms with E-state index in [-0.39, 0.29) is 18.0 Å².